The van der Waals surface area contributed by atoms with Crippen LogP contribution in [-0.4, -0.2) is 10.8 Å². The maximum absolute atomic E-state index is 12.4. The van der Waals surface area contributed by atoms with Crippen molar-refractivity contribution in [2.75, 3.05) is 6.26 Å². The van der Waals surface area contributed by atoms with Crippen LogP contribution in [0.4, 0.5) is 26.3 Å². The summed E-state index contributed by atoms with van der Waals surface area (Å²) in [7, 11) is 0. The van der Waals surface area contributed by atoms with Gasteiger partial charge >= 0.3 is 12.4 Å². The van der Waals surface area contributed by atoms with E-state index in [1.807, 2.05) is 0 Å². The monoisotopic (exact) mass is 277 g/mol. The van der Waals surface area contributed by atoms with E-state index >= 15 is 0 Å². The van der Waals surface area contributed by atoms with Gasteiger partial charge in [-0.25, -0.2) is 0 Å². The Morgan fingerprint density at radius 2 is 1.24 bits per heavy atom. The van der Waals surface area contributed by atoms with Crippen molar-refractivity contribution in [3.05, 3.63) is 29.3 Å². The minimum Gasteiger partial charge on any atom is -0.182 e. The second-order valence-corrected chi connectivity index (χ2v) is 4.65. The van der Waals surface area contributed by atoms with E-state index in [1.165, 1.54) is 0 Å². The van der Waals surface area contributed by atoms with Crippen LogP contribution in [0.2, 0.25) is 0 Å². The molecule has 0 amide bonds. The topological polar surface area (TPSA) is 20.2 Å². The SMILES string of the molecule is C[S+](O)c1cc(C(F)(F)F)cc(C(F)(F)F)c1. The highest BCUT2D eigenvalue weighted by Crippen LogP contribution is 2.37. The fraction of sp³-hybridized carbons (Fsp3) is 0.333. The molecule has 0 aliphatic carbocycles. The first-order valence-electron chi connectivity index (χ1n) is 4.16. The molecule has 1 nitrogen and oxygen atoms in total. The van der Waals surface area contributed by atoms with Gasteiger partial charge in [0, 0.05) is 12.1 Å². The quantitative estimate of drug-likeness (QED) is 0.611. The molecule has 0 aliphatic rings. The van der Waals surface area contributed by atoms with E-state index in [4.69, 9.17) is 4.55 Å². The molecule has 0 bridgehead atoms. The van der Waals surface area contributed by atoms with E-state index in [1.54, 1.807) is 0 Å². The van der Waals surface area contributed by atoms with Crippen molar-refractivity contribution in [3.8, 4) is 0 Å². The molecule has 1 aromatic rings. The highest BCUT2D eigenvalue weighted by Gasteiger charge is 2.38. The van der Waals surface area contributed by atoms with Crippen molar-refractivity contribution in [1.29, 1.82) is 0 Å². The van der Waals surface area contributed by atoms with Gasteiger partial charge in [-0.2, -0.15) is 30.9 Å². The minimum absolute atomic E-state index is 0.0242. The highest BCUT2D eigenvalue weighted by atomic mass is 32.2. The third-order valence-corrected chi connectivity index (χ3v) is 2.82. The lowest BCUT2D eigenvalue weighted by atomic mass is 10.1. The van der Waals surface area contributed by atoms with Crippen LogP contribution in [0.15, 0.2) is 23.1 Å². The summed E-state index contributed by atoms with van der Waals surface area (Å²) in [5.41, 5.74) is -2.84. The van der Waals surface area contributed by atoms with E-state index < -0.39 is 39.6 Å². The Hall–Kier alpha value is -0.890. The van der Waals surface area contributed by atoms with Gasteiger partial charge in [0.25, 0.3) is 0 Å². The first-order chi connectivity index (χ1) is 7.51. The van der Waals surface area contributed by atoms with Crippen LogP contribution in [0.1, 0.15) is 11.1 Å². The Morgan fingerprint density at radius 3 is 1.47 bits per heavy atom. The Balaban J connectivity index is 3.40. The lowest BCUT2D eigenvalue weighted by Gasteiger charge is -2.11. The maximum Gasteiger partial charge on any atom is 0.416 e. The molecule has 1 rings (SSSR count). The Morgan fingerprint density at radius 1 is 0.882 bits per heavy atom. The van der Waals surface area contributed by atoms with Gasteiger partial charge in [-0.05, 0) is 6.07 Å². The lowest BCUT2D eigenvalue weighted by Crippen LogP contribution is -2.13. The summed E-state index contributed by atoms with van der Waals surface area (Å²) in [4.78, 5) is -0.396. The zero-order valence-electron chi connectivity index (χ0n) is 8.36. The highest BCUT2D eigenvalue weighted by molar-refractivity contribution is 7.90. The summed E-state index contributed by atoms with van der Waals surface area (Å²) in [6, 6.07) is 1.05. The largest absolute Gasteiger partial charge is 0.416 e. The molecule has 1 unspecified atom stereocenters. The van der Waals surface area contributed by atoms with E-state index in [9.17, 15) is 26.3 Å². The average molecular weight is 277 g/mol. The smallest absolute Gasteiger partial charge is 0.182 e. The normalized spacial score (nSPS) is 14.8. The standard InChI is InChI=1S/C9H7F6OS/c1-17(16)7-3-5(8(10,11)12)2-6(4-7)9(13,14)15/h2-4,16H,1H3/q+1. The van der Waals surface area contributed by atoms with Crippen LogP contribution >= 0.6 is 0 Å². The first-order valence-corrected chi connectivity index (χ1v) is 5.75. The zero-order valence-corrected chi connectivity index (χ0v) is 9.17. The van der Waals surface area contributed by atoms with Crippen molar-refractivity contribution in [2.45, 2.75) is 17.2 Å². The average Bonchev–Trinajstić information content (AvgIpc) is 2.14. The van der Waals surface area contributed by atoms with Crippen molar-refractivity contribution in [3.63, 3.8) is 0 Å². The third kappa shape index (κ3) is 3.53. The first kappa shape index (κ1) is 14.2. The summed E-state index contributed by atoms with van der Waals surface area (Å²) in [5, 5.41) is 0. The second kappa shape index (κ2) is 4.41. The van der Waals surface area contributed by atoms with Gasteiger partial charge in [-0.15, -0.1) is 0 Å². The van der Waals surface area contributed by atoms with Crippen LogP contribution in [0.5, 0.6) is 0 Å². The van der Waals surface area contributed by atoms with Gasteiger partial charge in [-0.1, -0.05) is 0 Å². The molecule has 96 valence electrons. The van der Waals surface area contributed by atoms with Crippen LogP contribution < -0.4 is 0 Å². The molecule has 0 spiro atoms. The van der Waals surface area contributed by atoms with Crippen LogP contribution in [0.3, 0.4) is 0 Å². The molecule has 1 N–H and O–H groups in total. The predicted molar refractivity (Wildman–Crippen MR) is 50.6 cm³/mol. The fourth-order valence-electron chi connectivity index (χ4n) is 1.10. The Labute approximate surface area is 95.6 Å². The Bertz CT molecular complexity index is 377. The number of benzene rings is 1. The van der Waals surface area contributed by atoms with E-state index in [2.05, 4.69) is 0 Å². The zero-order chi connectivity index (χ0) is 13.4. The molecule has 0 aromatic heterocycles. The number of halogens is 6. The van der Waals surface area contributed by atoms with Crippen molar-refractivity contribution in [1.82, 2.24) is 0 Å². The van der Waals surface area contributed by atoms with Crippen LogP contribution in [0.25, 0.3) is 0 Å². The molecule has 0 aliphatic heterocycles. The van der Waals surface area contributed by atoms with Gasteiger partial charge in [0.15, 0.2) is 16.1 Å². The number of rotatable bonds is 1. The van der Waals surface area contributed by atoms with Gasteiger partial charge in [0.05, 0.1) is 11.1 Å². The fourth-order valence-corrected chi connectivity index (χ4v) is 1.69. The molecule has 0 heterocycles. The molecule has 8 heteroatoms. The van der Waals surface area contributed by atoms with E-state index in [0.717, 1.165) is 6.26 Å². The number of alkyl halides is 6. The van der Waals surface area contributed by atoms with Crippen molar-refractivity contribution >= 4 is 11.2 Å². The summed E-state index contributed by atoms with van der Waals surface area (Å²) >= 11 is -1.67. The van der Waals surface area contributed by atoms with Gasteiger partial charge in [-0.3, -0.25) is 0 Å². The van der Waals surface area contributed by atoms with Gasteiger partial charge in [0.2, 0.25) is 0 Å². The van der Waals surface area contributed by atoms with Gasteiger partial charge < -0.3 is 0 Å². The molecule has 1 atom stereocenters. The predicted octanol–water partition coefficient (Wildman–Crippen LogP) is 3.80. The third-order valence-electron chi connectivity index (χ3n) is 1.90. The summed E-state index contributed by atoms with van der Waals surface area (Å²) in [6.45, 7) is 0. The second-order valence-electron chi connectivity index (χ2n) is 3.22. The molecule has 0 saturated heterocycles. The van der Waals surface area contributed by atoms with Gasteiger partial charge in [0.1, 0.15) is 6.26 Å². The number of hydrogen-bond donors (Lipinski definition) is 1. The molecule has 0 radical (unpaired) electrons. The van der Waals surface area contributed by atoms with Crippen LogP contribution in [0, 0.1) is 0 Å². The summed E-state index contributed by atoms with van der Waals surface area (Å²) < 4.78 is 83.2. The van der Waals surface area contributed by atoms with E-state index in [0.29, 0.717) is 12.1 Å². The maximum atomic E-state index is 12.4. The number of hydrogen-bond acceptors (Lipinski definition) is 1. The minimum atomic E-state index is -4.88. The molecule has 1 aromatic carbocycles. The molecular weight excluding hydrogens is 270 g/mol. The summed E-state index contributed by atoms with van der Waals surface area (Å²) in [6.07, 6.45) is -8.64. The summed E-state index contributed by atoms with van der Waals surface area (Å²) in [5.74, 6) is 0. The van der Waals surface area contributed by atoms with Crippen molar-refractivity contribution < 1.29 is 30.9 Å². The molecule has 17 heavy (non-hydrogen) atoms. The van der Waals surface area contributed by atoms with Crippen LogP contribution in [-0.2, 0) is 23.5 Å². The molecular formula is C9H7F6OS+. The lowest BCUT2D eigenvalue weighted by molar-refractivity contribution is -0.143. The van der Waals surface area contributed by atoms with Crippen molar-refractivity contribution in [2.24, 2.45) is 0 Å². The van der Waals surface area contributed by atoms with E-state index in [-0.39, 0.29) is 6.07 Å². The Kier molecular flexibility index (Phi) is 3.68. The molecule has 0 fully saturated rings. The molecule has 0 saturated carbocycles.